The van der Waals surface area contributed by atoms with Crippen molar-refractivity contribution in [1.29, 1.82) is 0 Å². The number of carbonyl (C=O) groups excluding carboxylic acids is 2. The van der Waals surface area contributed by atoms with Gasteiger partial charge in [0.15, 0.2) is 11.6 Å². The molecule has 2 aromatic carbocycles. The number of aliphatic hydroxyl groups is 1. The van der Waals surface area contributed by atoms with Crippen molar-refractivity contribution in [3.8, 4) is 17.0 Å². The molecule has 0 saturated carbocycles. The Hall–Kier alpha value is -3.16. The van der Waals surface area contributed by atoms with E-state index in [1.54, 1.807) is 29.8 Å². The van der Waals surface area contributed by atoms with Gasteiger partial charge in [0.25, 0.3) is 5.91 Å². The summed E-state index contributed by atoms with van der Waals surface area (Å²) in [7, 11) is 1.79. The highest BCUT2D eigenvalue weighted by atomic mass is 35.5. The van der Waals surface area contributed by atoms with Gasteiger partial charge < -0.3 is 19.7 Å². The molecule has 34 heavy (non-hydrogen) atoms. The molecule has 1 atom stereocenters. The molecule has 7 nitrogen and oxygen atoms in total. The van der Waals surface area contributed by atoms with E-state index in [2.05, 4.69) is 10.3 Å². The van der Waals surface area contributed by atoms with Gasteiger partial charge in [-0.3, -0.25) is 9.59 Å². The molecule has 180 valence electrons. The van der Waals surface area contributed by atoms with E-state index >= 15 is 0 Å². The van der Waals surface area contributed by atoms with Gasteiger partial charge in [-0.2, -0.15) is 0 Å². The lowest BCUT2D eigenvalue weighted by Gasteiger charge is -2.18. The third kappa shape index (κ3) is 6.46. The minimum Gasteiger partial charge on any atom is -0.492 e. The number of nitrogens with one attached hydrogen (secondary N) is 1. The highest BCUT2D eigenvalue weighted by Crippen LogP contribution is 2.26. The van der Waals surface area contributed by atoms with Crippen molar-refractivity contribution in [2.24, 2.45) is 7.05 Å². The van der Waals surface area contributed by atoms with Crippen LogP contribution >= 0.6 is 11.6 Å². The summed E-state index contributed by atoms with van der Waals surface area (Å²) in [6.07, 6.45) is 3.66. The molecule has 0 radical (unpaired) electrons. The average molecular weight is 484 g/mol. The average Bonchev–Trinajstić information content (AvgIpc) is 3.20. The van der Waals surface area contributed by atoms with Crippen molar-refractivity contribution in [2.45, 2.75) is 39.2 Å². The first-order valence-corrected chi connectivity index (χ1v) is 11.7. The molecule has 0 aliphatic heterocycles. The van der Waals surface area contributed by atoms with Crippen LogP contribution in [-0.2, 0) is 13.5 Å². The van der Waals surface area contributed by atoms with Crippen molar-refractivity contribution in [2.75, 3.05) is 13.2 Å². The molecule has 0 aliphatic carbocycles. The number of ether oxygens (including phenoxy) is 1. The molecule has 0 fully saturated rings. The Morgan fingerprint density at radius 1 is 1.21 bits per heavy atom. The summed E-state index contributed by atoms with van der Waals surface area (Å²) >= 11 is 6.26. The van der Waals surface area contributed by atoms with Crippen molar-refractivity contribution in [3.63, 3.8) is 0 Å². The molecule has 1 aromatic heterocycles. The fourth-order valence-corrected chi connectivity index (χ4v) is 3.88. The first kappa shape index (κ1) is 25.5. The second-order valence-corrected chi connectivity index (χ2v) is 8.60. The number of hydrogen-bond acceptors (Lipinski definition) is 5. The zero-order chi connectivity index (χ0) is 24.7. The summed E-state index contributed by atoms with van der Waals surface area (Å²) in [5.74, 6) is 0.617. The first-order valence-electron chi connectivity index (χ1n) is 11.3. The highest BCUT2D eigenvalue weighted by molar-refractivity contribution is 6.32. The lowest BCUT2D eigenvalue weighted by Crippen LogP contribution is -2.37. The maximum atomic E-state index is 12.8. The minimum absolute atomic E-state index is 0.0463. The van der Waals surface area contributed by atoms with Crippen molar-refractivity contribution >= 4 is 23.3 Å². The number of ketones is 1. The molecule has 0 unspecified atom stereocenters. The Labute approximate surface area is 204 Å². The second kappa shape index (κ2) is 11.8. The SMILES string of the molecule is CCCOc1ccc(C(=O)N[C@H](CCO)Cc2ccc(-c3cn(C)c(C(C)=O)n3)cc2)cc1Cl. The van der Waals surface area contributed by atoms with Crippen LogP contribution in [0.15, 0.2) is 48.7 Å². The first-order chi connectivity index (χ1) is 16.3. The molecule has 1 heterocycles. The Morgan fingerprint density at radius 3 is 2.53 bits per heavy atom. The number of nitrogens with zero attached hydrogens (tertiary/aromatic N) is 2. The maximum absolute atomic E-state index is 12.8. The Morgan fingerprint density at radius 2 is 1.94 bits per heavy atom. The predicted octanol–water partition coefficient (Wildman–Crippen LogP) is 4.46. The van der Waals surface area contributed by atoms with E-state index in [0.29, 0.717) is 41.6 Å². The van der Waals surface area contributed by atoms with Crippen LogP contribution in [-0.4, -0.2) is 45.6 Å². The van der Waals surface area contributed by atoms with E-state index in [1.807, 2.05) is 37.4 Å². The number of Topliss-reactive ketones (excluding diaryl/α,β-unsaturated/α-hetero) is 1. The standard InChI is InChI=1S/C26H30ClN3O4/c1-4-13-34-24-10-9-20(15-22(24)27)26(33)28-21(11-12-31)14-18-5-7-19(8-6-18)23-16-30(3)25(29-23)17(2)32/h5-10,15-16,21,31H,4,11-14H2,1-3H3,(H,28,33)/t21-/m1/s1. The van der Waals surface area contributed by atoms with Crippen LogP contribution in [0.5, 0.6) is 5.75 Å². The van der Waals surface area contributed by atoms with Crippen LogP contribution in [0.3, 0.4) is 0 Å². The lowest BCUT2D eigenvalue weighted by atomic mass is 10.0. The monoisotopic (exact) mass is 483 g/mol. The number of aromatic nitrogens is 2. The van der Waals surface area contributed by atoms with E-state index in [9.17, 15) is 14.7 Å². The zero-order valence-corrected chi connectivity index (χ0v) is 20.4. The molecule has 3 rings (SSSR count). The number of carbonyl (C=O) groups is 2. The van der Waals surface area contributed by atoms with Crippen LogP contribution < -0.4 is 10.1 Å². The number of halogens is 1. The van der Waals surface area contributed by atoms with Gasteiger partial charge in [-0.1, -0.05) is 42.8 Å². The van der Waals surface area contributed by atoms with Crippen LogP contribution in [0.4, 0.5) is 0 Å². The topological polar surface area (TPSA) is 93.5 Å². The van der Waals surface area contributed by atoms with Crippen LogP contribution in [0.25, 0.3) is 11.3 Å². The predicted molar refractivity (Wildman–Crippen MR) is 133 cm³/mol. The van der Waals surface area contributed by atoms with Gasteiger partial charge in [-0.05, 0) is 43.0 Å². The van der Waals surface area contributed by atoms with Crippen LogP contribution in [0.1, 0.15) is 53.2 Å². The Kier molecular flexibility index (Phi) is 8.85. The number of amides is 1. The van der Waals surface area contributed by atoms with Gasteiger partial charge in [0, 0.05) is 43.9 Å². The van der Waals surface area contributed by atoms with E-state index < -0.39 is 0 Å². The maximum Gasteiger partial charge on any atom is 0.251 e. The van der Waals surface area contributed by atoms with Crippen LogP contribution in [0.2, 0.25) is 5.02 Å². The van der Waals surface area contributed by atoms with E-state index in [1.165, 1.54) is 6.92 Å². The quantitative estimate of drug-likeness (QED) is 0.393. The van der Waals surface area contributed by atoms with Crippen LogP contribution in [0, 0.1) is 0 Å². The van der Waals surface area contributed by atoms with Gasteiger partial charge in [-0.15, -0.1) is 0 Å². The van der Waals surface area contributed by atoms with E-state index in [0.717, 1.165) is 23.2 Å². The van der Waals surface area contributed by atoms with Gasteiger partial charge >= 0.3 is 0 Å². The fraction of sp³-hybridized carbons (Fsp3) is 0.346. The number of rotatable bonds is 11. The number of benzene rings is 2. The van der Waals surface area contributed by atoms with Gasteiger partial charge in [0.2, 0.25) is 0 Å². The van der Waals surface area contributed by atoms with Crippen molar-refractivity contribution in [1.82, 2.24) is 14.9 Å². The van der Waals surface area contributed by atoms with E-state index in [4.69, 9.17) is 16.3 Å². The summed E-state index contributed by atoms with van der Waals surface area (Å²) in [5, 5.41) is 12.9. The smallest absolute Gasteiger partial charge is 0.251 e. The Bertz CT molecular complexity index is 1140. The third-order valence-electron chi connectivity index (χ3n) is 5.39. The van der Waals surface area contributed by atoms with Gasteiger partial charge in [0.05, 0.1) is 17.3 Å². The molecule has 8 heteroatoms. The number of aliphatic hydroxyl groups excluding tert-OH is 1. The number of hydrogen-bond donors (Lipinski definition) is 2. The number of imidazole rings is 1. The summed E-state index contributed by atoms with van der Waals surface area (Å²) in [6, 6.07) is 12.5. The number of aryl methyl sites for hydroxylation is 1. The zero-order valence-electron chi connectivity index (χ0n) is 19.7. The molecule has 0 aliphatic rings. The molecule has 1 amide bonds. The molecule has 3 aromatic rings. The normalized spacial score (nSPS) is 11.8. The second-order valence-electron chi connectivity index (χ2n) is 8.19. The van der Waals surface area contributed by atoms with Gasteiger partial charge in [-0.25, -0.2) is 4.98 Å². The highest BCUT2D eigenvalue weighted by Gasteiger charge is 2.16. The van der Waals surface area contributed by atoms with Gasteiger partial charge in [0.1, 0.15) is 5.75 Å². The van der Waals surface area contributed by atoms with E-state index in [-0.39, 0.29) is 24.3 Å². The fourth-order valence-electron chi connectivity index (χ4n) is 3.65. The summed E-state index contributed by atoms with van der Waals surface area (Å²) in [5.41, 5.74) is 3.06. The molecule has 0 saturated heterocycles. The van der Waals surface area contributed by atoms with Crippen molar-refractivity contribution < 1.29 is 19.4 Å². The summed E-state index contributed by atoms with van der Waals surface area (Å²) < 4.78 is 7.28. The molecule has 2 N–H and O–H groups in total. The third-order valence-corrected chi connectivity index (χ3v) is 5.69. The largest absolute Gasteiger partial charge is 0.492 e. The molecular weight excluding hydrogens is 454 g/mol. The molecular formula is C26H30ClN3O4. The minimum atomic E-state index is -0.260. The van der Waals surface area contributed by atoms with Crippen molar-refractivity contribution in [3.05, 3.63) is 70.6 Å². The summed E-state index contributed by atoms with van der Waals surface area (Å²) in [6.45, 7) is 4.01. The summed E-state index contributed by atoms with van der Waals surface area (Å²) in [4.78, 5) is 28.9. The lowest BCUT2D eigenvalue weighted by molar-refractivity contribution is 0.0929. The Balaban J connectivity index is 1.67. The molecule has 0 bridgehead atoms. The molecule has 0 spiro atoms.